The zero-order chi connectivity index (χ0) is 19.6. The van der Waals surface area contributed by atoms with Crippen LogP contribution < -0.4 is 4.72 Å². The summed E-state index contributed by atoms with van der Waals surface area (Å²) in [5.41, 5.74) is 2.74. The fourth-order valence-corrected chi connectivity index (χ4v) is 3.63. The summed E-state index contributed by atoms with van der Waals surface area (Å²) in [5, 5.41) is 0.896. The highest BCUT2D eigenvalue weighted by Gasteiger charge is 2.26. The van der Waals surface area contributed by atoms with E-state index in [-0.39, 0.29) is 4.75 Å². The molecule has 2 aromatic carbocycles. The Morgan fingerprint density at radius 3 is 2.44 bits per heavy atom. The largest absolute Gasteiger partial charge is 0.598 e. The number of fused-ring (bicyclic) bond motifs is 1. The Hall–Kier alpha value is -2.02. The van der Waals surface area contributed by atoms with Crippen molar-refractivity contribution in [2.75, 3.05) is 6.54 Å². The highest BCUT2D eigenvalue weighted by atomic mass is 32.2. The van der Waals surface area contributed by atoms with Gasteiger partial charge in [0.2, 0.25) is 0 Å². The third-order valence-electron chi connectivity index (χ3n) is 4.20. The first-order chi connectivity index (χ1) is 12.8. The van der Waals surface area contributed by atoms with Gasteiger partial charge in [-0.3, -0.25) is 4.98 Å². The zero-order valence-electron chi connectivity index (χ0n) is 15.6. The maximum Gasteiger partial charge on any atom is 0.136 e. The molecule has 3 nitrogen and oxygen atoms in total. The number of nitrogens with one attached hydrogen (secondary N) is 1. The van der Waals surface area contributed by atoms with Gasteiger partial charge in [0.25, 0.3) is 0 Å². The maximum absolute atomic E-state index is 13.8. The van der Waals surface area contributed by atoms with Crippen LogP contribution in [0.4, 0.5) is 8.78 Å². The highest BCUT2D eigenvalue weighted by Crippen LogP contribution is 2.32. The average Bonchev–Trinajstić information content (AvgIpc) is 2.59. The van der Waals surface area contributed by atoms with Gasteiger partial charge in [-0.05, 0) is 56.5 Å². The molecule has 0 aliphatic carbocycles. The average molecular weight is 388 g/mol. The quantitative estimate of drug-likeness (QED) is 0.640. The van der Waals surface area contributed by atoms with Crippen LogP contribution in [0, 0.1) is 11.6 Å². The van der Waals surface area contributed by atoms with Crippen LogP contribution in [0.2, 0.25) is 0 Å². The molecule has 0 spiro atoms. The summed E-state index contributed by atoms with van der Waals surface area (Å²) in [6, 6.07) is 11.1. The molecule has 0 fully saturated rings. The van der Waals surface area contributed by atoms with Gasteiger partial charge in [-0.15, -0.1) is 4.72 Å². The first-order valence-electron chi connectivity index (χ1n) is 8.74. The summed E-state index contributed by atoms with van der Waals surface area (Å²) in [7, 11) is 0. The summed E-state index contributed by atoms with van der Waals surface area (Å²) in [5.74, 6) is -1.26. The van der Waals surface area contributed by atoms with Gasteiger partial charge >= 0.3 is 0 Å². The topological polar surface area (TPSA) is 48.0 Å². The molecule has 0 amide bonds. The van der Waals surface area contributed by atoms with Crippen LogP contribution in [-0.2, 0) is 17.8 Å². The monoisotopic (exact) mass is 388 g/mol. The molecule has 0 bridgehead atoms. The van der Waals surface area contributed by atoms with Crippen LogP contribution in [0.5, 0.6) is 0 Å². The van der Waals surface area contributed by atoms with Crippen LogP contribution in [0.3, 0.4) is 0 Å². The molecule has 27 heavy (non-hydrogen) atoms. The standard InChI is InChI=1S/C21H22F2N2OS/c1-21(2,3)27(26)25-10-8-14-6-7-15-5-4-9-24-20(15)19(14)16-11-17(22)13-18(23)12-16/h4-7,9,11-13,25H,8,10H2,1-3H3. The van der Waals surface area contributed by atoms with E-state index in [0.717, 1.165) is 17.0 Å². The van der Waals surface area contributed by atoms with Crippen molar-refractivity contribution in [1.29, 1.82) is 0 Å². The van der Waals surface area contributed by atoms with Gasteiger partial charge in [0.05, 0.1) is 5.52 Å². The number of rotatable bonds is 5. The molecule has 1 unspecified atom stereocenters. The molecule has 0 saturated carbocycles. The minimum Gasteiger partial charge on any atom is -0.598 e. The SMILES string of the molecule is CC(C)(C)[S+]([O-])NCCc1ccc2cccnc2c1-c1cc(F)cc(F)c1. The fraction of sp³-hybridized carbons (Fsp3) is 0.286. The Morgan fingerprint density at radius 2 is 1.78 bits per heavy atom. The van der Waals surface area contributed by atoms with E-state index in [1.165, 1.54) is 12.1 Å². The van der Waals surface area contributed by atoms with Crippen molar-refractivity contribution in [1.82, 2.24) is 9.71 Å². The van der Waals surface area contributed by atoms with Crippen LogP contribution in [0.15, 0.2) is 48.7 Å². The van der Waals surface area contributed by atoms with Crippen molar-refractivity contribution in [2.45, 2.75) is 31.9 Å². The molecule has 1 atom stereocenters. The lowest BCUT2D eigenvalue weighted by Gasteiger charge is -2.23. The number of hydrogen-bond donors (Lipinski definition) is 1. The molecule has 0 aliphatic heterocycles. The third kappa shape index (κ3) is 4.64. The molecular formula is C21H22F2N2OS. The van der Waals surface area contributed by atoms with Crippen molar-refractivity contribution in [3.63, 3.8) is 0 Å². The van der Waals surface area contributed by atoms with E-state index in [1.54, 1.807) is 6.20 Å². The van der Waals surface area contributed by atoms with E-state index >= 15 is 0 Å². The first kappa shape index (κ1) is 19.7. The molecule has 6 heteroatoms. The molecule has 0 aliphatic rings. The number of hydrogen-bond acceptors (Lipinski definition) is 3. The first-order valence-corrected chi connectivity index (χ1v) is 9.89. The lowest BCUT2D eigenvalue weighted by Crippen LogP contribution is -2.40. The zero-order valence-corrected chi connectivity index (χ0v) is 16.4. The van der Waals surface area contributed by atoms with Gasteiger partial charge in [0, 0.05) is 41.1 Å². The summed E-state index contributed by atoms with van der Waals surface area (Å²) < 4.78 is 42.5. The molecular weight excluding hydrogens is 366 g/mol. The Kier molecular flexibility index (Phi) is 5.79. The lowest BCUT2D eigenvalue weighted by atomic mass is 9.94. The number of aromatic nitrogens is 1. The number of benzene rings is 2. The van der Waals surface area contributed by atoms with E-state index in [4.69, 9.17) is 0 Å². The van der Waals surface area contributed by atoms with Gasteiger partial charge in [-0.2, -0.15) is 0 Å². The summed E-state index contributed by atoms with van der Waals surface area (Å²) in [6.45, 7) is 6.18. The van der Waals surface area contributed by atoms with Crippen LogP contribution >= 0.6 is 0 Å². The normalized spacial score (nSPS) is 13.1. The van der Waals surface area contributed by atoms with E-state index in [0.29, 0.717) is 29.6 Å². The maximum atomic E-state index is 13.8. The minimum atomic E-state index is -1.18. The van der Waals surface area contributed by atoms with Gasteiger partial charge in [0.15, 0.2) is 0 Å². The van der Waals surface area contributed by atoms with Crippen LogP contribution in [0.25, 0.3) is 22.0 Å². The van der Waals surface area contributed by atoms with Crippen molar-refractivity contribution >= 4 is 22.3 Å². The third-order valence-corrected chi connectivity index (χ3v) is 5.77. The second-order valence-electron chi connectivity index (χ2n) is 7.36. The molecule has 0 saturated heterocycles. The number of nitrogens with zero attached hydrogens (tertiary/aromatic N) is 1. The lowest BCUT2D eigenvalue weighted by molar-refractivity contribution is 0.544. The smallest absolute Gasteiger partial charge is 0.136 e. The van der Waals surface area contributed by atoms with Gasteiger partial charge in [-0.1, -0.05) is 18.2 Å². The van der Waals surface area contributed by atoms with E-state index < -0.39 is 23.0 Å². The highest BCUT2D eigenvalue weighted by molar-refractivity contribution is 7.90. The van der Waals surface area contributed by atoms with E-state index in [2.05, 4.69) is 9.71 Å². The van der Waals surface area contributed by atoms with Crippen molar-refractivity contribution in [2.24, 2.45) is 0 Å². The molecule has 3 rings (SSSR count). The predicted molar refractivity (Wildman–Crippen MR) is 107 cm³/mol. The fourth-order valence-electron chi connectivity index (χ4n) is 2.91. The van der Waals surface area contributed by atoms with Crippen molar-refractivity contribution in [3.8, 4) is 11.1 Å². The summed E-state index contributed by atoms with van der Waals surface area (Å²) >= 11 is -1.18. The van der Waals surface area contributed by atoms with E-state index in [9.17, 15) is 13.3 Å². The Labute approximate surface area is 161 Å². The van der Waals surface area contributed by atoms with E-state index in [1.807, 2.05) is 45.0 Å². The number of pyridine rings is 1. The molecule has 0 radical (unpaired) electrons. The van der Waals surface area contributed by atoms with Gasteiger partial charge in [0.1, 0.15) is 16.4 Å². The molecule has 1 N–H and O–H groups in total. The Balaban J connectivity index is 2.00. The molecule has 3 aromatic rings. The second kappa shape index (κ2) is 7.92. The van der Waals surface area contributed by atoms with Crippen molar-refractivity contribution in [3.05, 3.63) is 65.9 Å². The summed E-state index contributed by atoms with van der Waals surface area (Å²) in [6.07, 6.45) is 2.22. The molecule has 1 aromatic heterocycles. The molecule has 1 heterocycles. The summed E-state index contributed by atoms with van der Waals surface area (Å²) in [4.78, 5) is 4.43. The number of halogens is 2. The Bertz CT molecular complexity index is 936. The van der Waals surface area contributed by atoms with Crippen LogP contribution in [0.1, 0.15) is 26.3 Å². The predicted octanol–water partition coefficient (Wildman–Crippen LogP) is 4.77. The minimum absolute atomic E-state index is 0.362. The van der Waals surface area contributed by atoms with Gasteiger partial charge in [-0.25, -0.2) is 8.78 Å². The van der Waals surface area contributed by atoms with Gasteiger partial charge < -0.3 is 4.55 Å². The van der Waals surface area contributed by atoms with Crippen molar-refractivity contribution < 1.29 is 13.3 Å². The second-order valence-corrected chi connectivity index (χ2v) is 9.41. The van der Waals surface area contributed by atoms with Crippen LogP contribution in [-0.4, -0.2) is 20.8 Å². The Morgan fingerprint density at radius 1 is 1.07 bits per heavy atom. The molecule has 142 valence electrons.